The summed E-state index contributed by atoms with van der Waals surface area (Å²) in [6, 6.07) is 0. The zero-order chi connectivity index (χ0) is 20.5. The fraction of sp³-hybridized carbons (Fsp3) is 0.783. The van der Waals surface area contributed by atoms with Crippen molar-refractivity contribution in [2.45, 2.75) is 83.3 Å². The van der Waals surface area contributed by atoms with Gasteiger partial charge in [0.2, 0.25) is 0 Å². The first-order valence-electron chi connectivity index (χ1n) is 10.5. The summed E-state index contributed by atoms with van der Waals surface area (Å²) in [6.45, 7) is 5.49. The van der Waals surface area contributed by atoms with Gasteiger partial charge in [-0.25, -0.2) is 4.39 Å². The third-order valence-corrected chi connectivity index (χ3v) is 8.85. The van der Waals surface area contributed by atoms with Gasteiger partial charge in [-0.05, 0) is 67.3 Å². The number of carbonyl (C=O) groups excluding carboxylic acids is 1. The first kappa shape index (κ1) is 19.9. The Morgan fingerprint density at radius 1 is 1.32 bits per heavy atom. The molecule has 4 rings (SSSR count). The average Bonchev–Trinajstić information content (AvgIpc) is 2.85. The summed E-state index contributed by atoms with van der Waals surface area (Å²) in [4.78, 5) is 11.3. The number of hydrogen-bond donors (Lipinski definition) is 2. The van der Waals surface area contributed by atoms with Crippen LogP contribution < -0.4 is 0 Å². The summed E-state index contributed by atoms with van der Waals surface area (Å²) >= 11 is 0. The first-order chi connectivity index (χ1) is 13.1. The van der Waals surface area contributed by atoms with Crippen LogP contribution in [0.15, 0.2) is 11.6 Å². The van der Waals surface area contributed by atoms with Crippen LogP contribution in [0.2, 0.25) is 0 Å². The highest BCUT2D eigenvalue weighted by Crippen LogP contribution is 2.67. The van der Waals surface area contributed by atoms with E-state index in [9.17, 15) is 15.0 Å². The Morgan fingerprint density at radius 2 is 2.04 bits per heavy atom. The van der Waals surface area contributed by atoms with E-state index >= 15 is 4.39 Å². The number of aliphatic hydroxyl groups excluding tert-OH is 1. The van der Waals surface area contributed by atoms with Gasteiger partial charge in [0.25, 0.3) is 0 Å². The fourth-order valence-corrected chi connectivity index (χ4v) is 7.28. The molecule has 0 aliphatic heterocycles. The molecule has 0 bridgehead atoms. The highest BCUT2D eigenvalue weighted by molar-refractivity contribution is 5.66. The molecule has 9 atom stereocenters. The van der Waals surface area contributed by atoms with Crippen molar-refractivity contribution in [2.75, 3.05) is 0 Å². The van der Waals surface area contributed by atoms with Crippen molar-refractivity contribution in [1.82, 2.24) is 0 Å². The van der Waals surface area contributed by atoms with Crippen LogP contribution in [0.5, 0.6) is 0 Å². The Balaban J connectivity index is 1.67. The summed E-state index contributed by atoms with van der Waals surface area (Å²) in [7, 11) is 0. The second kappa shape index (κ2) is 6.31. The lowest BCUT2D eigenvalue weighted by Crippen LogP contribution is -2.57. The number of rotatable bonds is 1. The third kappa shape index (κ3) is 2.40. The number of fused-ring (bicyclic) bond motifs is 5. The molecule has 4 unspecified atom stereocenters. The molecular formula is C23H31FO4. The molecule has 0 heterocycles. The second-order valence-electron chi connectivity index (χ2n) is 9.90. The maximum atomic E-state index is 15.3. The van der Waals surface area contributed by atoms with Crippen molar-refractivity contribution in [2.24, 2.45) is 28.6 Å². The maximum Gasteiger partial charge on any atom is 0.303 e. The molecule has 0 spiro atoms. The molecule has 0 aromatic heterocycles. The Labute approximate surface area is 166 Å². The lowest BCUT2D eigenvalue weighted by Gasteiger charge is -2.58. The smallest absolute Gasteiger partial charge is 0.303 e. The maximum absolute atomic E-state index is 15.3. The van der Waals surface area contributed by atoms with Crippen molar-refractivity contribution < 1.29 is 24.1 Å². The van der Waals surface area contributed by atoms with Gasteiger partial charge in [0, 0.05) is 12.3 Å². The summed E-state index contributed by atoms with van der Waals surface area (Å²) in [6.07, 6.45) is 8.90. The molecule has 3 fully saturated rings. The van der Waals surface area contributed by atoms with Crippen LogP contribution >= 0.6 is 0 Å². The number of terminal acetylenes is 1. The number of hydrogen-bond acceptors (Lipinski definition) is 4. The minimum atomic E-state index is -1.50. The molecule has 0 aromatic carbocycles. The molecule has 3 saturated carbocycles. The van der Waals surface area contributed by atoms with E-state index in [-0.39, 0.29) is 23.2 Å². The zero-order valence-electron chi connectivity index (χ0n) is 17.0. The fourth-order valence-electron chi connectivity index (χ4n) is 7.28. The lowest BCUT2D eigenvalue weighted by atomic mass is 9.47. The summed E-state index contributed by atoms with van der Waals surface area (Å²) in [5.74, 6) is 2.73. The van der Waals surface area contributed by atoms with Gasteiger partial charge in [0.15, 0.2) is 11.8 Å². The Bertz CT molecular complexity index is 756. The van der Waals surface area contributed by atoms with Crippen molar-refractivity contribution >= 4 is 5.97 Å². The van der Waals surface area contributed by atoms with Gasteiger partial charge < -0.3 is 14.9 Å². The van der Waals surface area contributed by atoms with E-state index in [4.69, 9.17) is 11.2 Å². The predicted molar refractivity (Wildman–Crippen MR) is 103 cm³/mol. The number of esters is 1. The Hall–Kier alpha value is -1.38. The number of ether oxygens (including phenoxy) is 1. The normalized spacial score (nSPS) is 52.5. The predicted octanol–water partition coefficient (Wildman–Crippen LogP) is 3.16. The van der Waals surface area contributed by atoms with Gasteiger partial charge in [-0.1, -0.05) is 25.8 Å². The van der Waals surface area contributed by atoms with Gasteiger partial charge in [0.05, 0.1) is 6.10 Å². The molecule has 4 nitrogen and oxygen atoms in total. The van der Waals surface area contributed by atoms with E-state index in [0.29, 0.717) is 12.8 Å². The zero-order valence-corrected chi connectivity index (χ0v) is 17.0. The molecule has 0 amide bonds. The third-order valence-electron chi connectivity index (χ3n) is 8.85. The molecule has 2 N–H and O–H groups in total. The largest absolute Gasteiger partial charge is 0.459 e. The number of alkyl halides is 1. The Kier molecular flexibility index (Phi) is 4.49. The highest BCUT2D eigenvalue weighted by Gasteiger charge is 2.67. The summed E-state index contributed by atoms with van der Waals surface area (Å²) in [5, 5.41) is 21.6. The molecule has 0 aromatic rings. The molecule has 0 saturated heterocycles. The van der Waals surface area contributed by atoms with E-state index in [2.05, 4.69) is 12.8 Å². The summed E-state index contributed by atoms with van der Waals surface area (Å²) < 4.78 is 20.5. The average molecular weight is 390 g/mol. The quantitative estimate of drug-likeness (QED) is 0.410. The van der Waals surface area contributed by atoms with Crippen molar-refractivity contribution in [1.29, 1.82) is 0 Å². The first-order valence-corrected chi connectivity index (χ1v) is 10.5. The van der Waals surface area contributed by atoms with Crippen molar-refractivity contribution in [3.05, 3.63) is 11.6 Å². The number of halogens is 1. The lowest BCUT2D eigenvalue weighted by molar-refractivity contribution is -0.154. The standard InChI is InChI=1S/C23H31FO4/c1-5-23(27)19(26)12-17-14-6-7-16-20(24)18(28-13(2)25)9-10-21(16,3)15(14)8-11-22(17,23)4/h1,7,14-15,17-20,26-27H,6,8-12H2,2-4H3/t14-,15-,17+,18?,19?,20?,21-,22+,23?/m1/s1. The number of aliphatic hydroxyl groups is 2. The van der Waals surface area contributed by atoms with E-state index < -0.39 is 35.4 Å². The number of carbonyl (C=O) groups is 1. The van der Waals surface area contributed by atoms with E-state index in [0.717, 1.165) is 31.3 Å². The van der Waals surface area contributed by atoms with Crippen molar-refractivity contribution in [3.63, 3.8) is 0 Å². The van der Waals surface area contributed by atoms with Crippen LogP contribution in [0.25, 0.3) is 0 Å². The summed E-state index contributed by atoms with van der Waals surface area (Å²) in [5.41, 5.74) is -1.51. The van der Waals surface area contributed by atoms with Crippen LogP contribution in [-0.4, -0.2) is 40.2 Å². The SMILES string of the molecule is C#CC1(O)C(O)C[C@H]2[C@@H]3CC=C4C(F)C(OC(C)=O)CC[C@]4(C)[C@@H]3CC[C@@]21C. The monoisotopic (exact) mass is 390 g/mol. The molecule has 4 aliphatic carbocycles. The minimum absolute atomic E-state index is 0.112. The topological polar surface area (TPSA) is 66.8 Å². The highest BCUT2D eigenvalue weighted by atomic mass is 19.1. The number of allylic oxidation sites excluding steroid dienone is 1. The molecular weight excluding hydrogens is 359 g/mol. The van der Waals surface area contributed by atoms with Gasteiger partial charge in [-0.2, -0.15) is 0 Å². The van der Waals surface area contributed by atoms with Crippen molar-refractivity contribution in [3.8, 4) is 12.3 Å². The van der Waals surface area contributed by atoms with Gasteiger partial charge in [0.1, 0.15) is 6.10 Å². The molecule has 28 heavy (non-hydrogen) atoms. The van der Waals surface area contributed by atoms with E-state index in [1.807, 2.05) is 13.0 Å². The van der Waals surface area contributed by atoms with Crippen LogP contribution in [0.1, 0.15) is 59.3 Å². The van der Waals surface area contributed by atoms with Crippen LogP contribution in [0.4, 0.5) is 4.39 Å². The van der Waals surface area contributed by atoms with E-state index in [1.165, 1.54) is 6.92 Å². The second-order valence-corrected chi connectivity index (χ2v) is 9.90. The van der Waals surface area contributed by atoms with Gasteiger partial charge in [-0.15, -0.1) is 6.42 Å². The van der Waals surface area contributed by atoms with E-state index in [1.54, 1.807) is 0 Å². The van der Waals surface area contributed by atoms with Crippen LogP contribution in [-0.2, 0) is 9.53 Å². The minimum Gasteiger partial charge on any atom is -0.459 e. The Morgan fingerprint density at radius 3 is 2.68 bits per heavy atom. The molecule has 5 heteroatoms. The van der Waals surface area contributed by atoms with Crippen LogP contribution in [0, 0.1) is 40.9 Å². The van der Waals surface area contributed by atoms with Gasteiger partial charge >= 0.3 is 5.97 Å². The molecule has 0 radical (unpaired) electrons. The van der Waals surface area contributed by atoms with Crippen LogP contribution in [0.3, 0.4) is 0 Å². The molecule has 154 valence electrons. The molecule has 4 aliphatic rings. The van der Waals surface area contributed by atoms with Gasteiger partial charge in [-0.3, -0.25) is 4.79 Å².